The quantitative estimate of drug-likeness (QED) is 0.118. The number of para-hydroxylation sites is 3. The van der Waals surface area contributed by atoms with Crippen LogP contribution in [0, 0.1) is 33.4 Å². The Morgan fingerprint density at radius 1 is 0.569 bits per heavy atom. The Bertz CT molecular complexity index is 2720. The van der Waals surface area contributed by atoms with Crippen LogP contribution in [0.15, 0.2) is 152 Å². The Morgan fingerprint density at radius 3 is 1.76 bits per heavy atom. The Hall–Kier alpha value is -4.88. The van der Waals surface area contributed by atoms with Gasteiger partial charge in [0.25, 0.3) is 0 Å². The van der Waals surface area contributed by atoms with E-state index in [2.05, 4.69) is 174 Å². The molecule has 3 nitrogen and oxygen atoms in total. The van der Waals surface area contributed by atoms with E-state index in [1.807, 2.05) is 36.4 Å². The fourth-order valence-corrected chi connectivity index (χ4v) is 10.7. The van der Waals surface area contributed by atoms with E-state index < -0.39 is 20.4 Å². The van der Waals surface area contributed by atoms with E-state index in [4.69, 9.17) is 9.97 Å². The summed E-state index contributed by atoms with van der Waals surface area (Å²) < 4.78 is 4.96. The fraction of sp³-hybridized carbons (Fsp3) is 0.151. The summed E-state index contributed by atoms with van der Waals surface area (Å²) in [4.78, 5) is 9.94. The molecule has 58 heavy (non-hydrogen) atoms. The summed E-state index contributed by atoms with van der Waals surface area (Å²) in [6.07, 6.45) is 0. The molecule has 0 atom stereocenters. The van der Waals surface area contributed by atoms with E-state index in [9.17, 15) is 0 Å². The van der Waals surface area contributed by atoms with Gasteiger partial charge in [-0.25, -0.2) is 0 Å². The number of hydrogen-bond acceptors (Lipinski definition) is 2. The second-order valence-corrected chi connectivity index (χ2v) is 17.8. The van der Waals surface area contributed by atoms with E-state index in [1.165, 1.54) is 57.3 Å². The number of fused-ring (bicyclic) bond motifs is 2. The van der Waals surface area contributed by atoms with Crippen LogP contribution in [-0.4, -0.2) is 35.0 Å². The molecule has 290 valence electrons. The summed E-state index contributed by atoms with van der Waals surface area (Å²) >= 11 is -0.590. The van der Waals surface area contributed by atoms with Crippen LogP contribution in [0.3, 0.4) is 0 Å². The maximum Gasteiger partial charge on any atom is 3.00 e. The zero-order chi connectivity index (χ0) is 38.8. The molecule has 0 amide bonds. The predicted octanol–water partition coefficient (Wildman–Crippen LogP) is 13.9. The SMILES string of the molecule is CC(C)c1cc(-c2ccccc2)cc(C(C)C)c1-c1cccc2nc(-c3[c-]cccc3)[te]c12.Cc1cccc(C)c1-n1c(-c2[c-]cccc2)nc2ccccc21.[CH3-].[Ir+3]. The Labute approximate surface area is 367 Å². The number of aromatic nitrogens is 3. The molecule has 0 unspecified atom stereocenters. The maximum absolute atomic E-state index is 5.07. The van der Waals surface area contributed by atoms with Gasteiger partial charge in [-0.1, -0.05) is 30.3 Å². The van der Waals surface area contributed by atoms with Crippen LogP contribution in [0.4, 0.5) is 0 Å². The smallest absolute Gasteiger partial charge is 0.358 e. The molecule has 7 aromatic carbocycles. The third-order valence-corrected chi connectivity index (χ3v) is 13.6. The molecule has 0 aliphatic rings. The average Bonchev–Trinajstić information content (AvgIpc) is 3.84. The molecule has 9 rings (SSSR count). The minimum Gasteiger partial charge on any atom is -0.358 e. The molecule has 0 saturated carbocycles. The van der Waals surface area contributed by atoms with Gasteiger partial charge < -0.3 is 12.0 Å². The minimum atomic E-state index is -0.590. The maximum atomic E-state index is 5.07. The van der Waals surface area contributed by atoms with Crippen molar-refractivity contribution in [1.29, 1.82) is 0 Å². The zero-order valence-corrected chi connectivity index (χ0v) is 38.9. The van der Waals surface area contributed by atoms with Gasteiger partial charge in [0.05, 0.1) is 16.9 Å². The van der Waals surface area contributed by atoms with Crippen LogP contribution in [0.5, 0.6) is 0 Å². The number of nitrogens with zero attached hydrogens (tertiary/aromatic N) is 3. The van der Waals surface area contributed by atoms with E-state index in [0.29, 0.717) is 11.8 Å². The van der Waals surface area contributed by atoms with Crippen LogP contribution >= 0.6 is 0 Å². The topological polar surface area (TPSA) is 30.7 Å². The van der Waals surface area contributed by atoms with Gasteiger partial charge in [-0.2, -0.15) is 0 Å². The molecule has 0 aliphatic carbocycles. The van der Waals surface area contributed by atoms with Crippen molar-refractivity contribution < 1.29 is 20.1 Å². The third-order valence-electron chi connectivity index (χ3n) is 10.3. The van der Waals surface area contributed by atoms with Crippen molar-refractivity contribution in [1.82, 2.24) is 14.5 Å². The first-order valence-electron chi connectivity index (χ1n) is 19.4. The molecule has 0 radical (unpaired) electrons. The summed E-state index contributed by atoms with van der Waals surface area (Å²) in [6.45, 7) is 13.6. The van der Waals surface area contributed by atoms with Crippen molar-refractivity contribution in [3.8, 4) is 48.6 Å². The van der Waals surface area contributed by atoms with E-state index in [0.717, 1.165) is 33.5 Å². The normalized spacial score (nSPS) is 11.0. The van der Waals surface area contributed by atoms with Crippen molar-refractivity contribution in [3.05, 3.63) is 193 Å². The summed E-state index contributed by atoms with van der Waals surface area (Å²) in [5, 5.41) is 0. The van der Waals surface area contributed by atoms with E-state index in [1.54, 1.807) is 0 Å². The Kier molecular flexibility index (Phi) is 13.8. The van der Waals surface area contributed by atoms with Crippen LogP contribution in [0.2, 0.25) is 0 Å². The summed E-state index contributed by atoms with van der Waals surface area (Å²) in [7, 11) is 0. The van der Waals surface area contributed by atoms with Crippen LogP contribution in [0.1, 0.15) is 61.8 Å². The van der Waals surface area contributed by atoms with Crippen molar-refractivity contribution in [2.75, 3.05) is 0 Å². The summed E-state index contributed by atoms with van der Waals surface area (Å²) in [5.74, 6) is 1.80. The largest absolute Gasteiger partial charge is 3.00 e. The molecule has 9 aromatic rings. The molecule has 5 heteroatoms. The van der Waals surface area contributed by atoms with Gasteiger partial charge in [0, 0.05) is 5.69 Å². The monoisotopic (exact) mass is 1050 g/mol. The van der Waals surface area contributed by atoms with Crippen molar-refractivity contribution in [2.45, 2.75) is 53.4 Å². The van der Waals surface area contributed by atoms with Crippen molar-refractivity contribution in [3.63, 3.8) is 0 Å². The second kappa shape index (κ2) is 18.8. The third kappa shape index (κ3) is 8.61. The summed E-state index contributed by atoms with van der Waals surface area (Å²) in [6, 6.07) is 59.9. The standard InChI is InChI=1S/C31H28NTe.C21H17N2.CH3.Ir/c1-20(2)26-18-24(22-12-7-5-8-13-22)19-27(21(3)4)29(26)25-16-11-17-28-30(25)33-31(32-28)23-14-9-6-10-15-23;1-15-9-8-10-16(2)20(15)23-19-14-7-6-13-18(19)22-21(23)17-11-4-3-5-12-17;;/h5-14,16-21H,1-4H3;3-11,13-14H,1-2H3;1H3;/q3*-1;+3. The summed E-state index contributed by atoms with van der Waals surface area (Å²) in [5.41, 5.74) is 17.4. The average molecular weight is 1050 g/mol. The van der Waals surface area contributed by atoms with Crippen LogP contribution in [0.25, 0.3) is 68.6 Å². The first kappa shape index (κ1) is 42.7. The van der Waals surface area contributed by atoms with Gasteiger partial charge in [-0.15, -0.1) is 35.9 Å². The fourth-order valence-electron chi connectivity index (χ4n) is 7.62. The Balaban J connectivity index is 0.000000200. The molecule has 2 heterocycles. The molecule has 0 spiro atoms. The van der Waals surface area contributed by atoms with E-state index in [-0.39, 0.29) is 27.5 Å². The number of hydrogen-bond donors (Lipinski definition) is 0. The van der Waals surface area contributed by atoms with E-state index >= 15 is 0 Å². The van der Waals surface area contributed by atoms with Gasteiger partial charge in [-0.3, -0.25) is 4.98 Å². The van der Waals surface area contributed by atoms with Gasteiger partial charge >= 0.3 is 228 Å². The Morgan fingerprint density at radius 2 is 1.14 bits per heavy atom. The number of rotatable bonds is 7. The molecule has 0 N–H and O–H groups in total. The first-order valence-corrected chi connectivity index (χ1v) is 21.7. The minimum absolute atomic E-state index is 0. The molecular weight excluding hydrogens is 998 g/mol. The molecule has 0 saturated heterocycles. The number of aryl methyl sites for hydroxylation is 2. The number of imidazole rings is 1. The second-order valence-electron chi connectivity index (χ2n) is 14.9. The van der Waals surface area contributed by atoms with Crippen molar-refractivity contribution >= 4 is 40.4 Å². The van der Waals surface area contributed by atoms with Crippen LogP contribution < -0.4 is 0 Å². The first-order chi connectivity index (χ1) is 27.3. The molecule has 2 aromatic heterocycles. The molecule has 0 bridgehead atoms. The zero-order valence-electron chi connectivity index (χ0n) is 34.2. The molecule has 0 aliphatic heterocycles. The molecule has 0 fully saturated rings. The van der Waals surface area contributed by atoms with Gasteiger partial charge in [0.1, 0.15) is 0 Å². The predicted molar refractivity (Wildman–Crippen MR) is 243 cm³/mol. The van der Waals surface area contributed by atoms with Crippen molar-refractivity contribution in [2.24, 2.45) is 0 Å². The van der Waals surface area contributed by atoms with Gasteiger partial charge in [-0.05, 0) is 37.1 Å². The van der Waals surface area contributed by atoms with Crippen LogP contribution in [-0.2, 0) is 20.1 Å². The number of benzene rings is 7. The van der Waals surface area contributed by atoms with Gasteiger partial charge in [0.15, 0.2) is 0 Å². The van der Waals surface area contributed by atoms with Gasteiger partial charge in [0.2, 0.25) is 0 Å². The molecular formula is C53H48IrN3Te.